The van der Waals surface area contributed by atoms with Gasteiger partial charge in [0.15, 0.2) is 0 Å². The lowest BCUT2D eigenvalue weighted by Crippen LogP contribution is -2.38. The summed E-state index contributed by atoms with van der Waals surface area (Å²) in [5.74, 6) is 1.04. The molecule has 0 bridgehead atoms. The molecule has 1 amide bonds. The Morgan fingerprint density at radius 3 is 2.45 bits per heavy atom. The highest BCUT2D eigenvalue weighted by Crippen LogP contribution is 2.30. The second-order valence-electron chi connectivity index (χ2n) is 5.31. The molecule has 1 N–H and O–H groups in total. The van der Waals surface area contributed by atoms with E-state index in [1.165, 1.54) is 0 Å². The molecule has 3 atom stereocenters. The molecule has 4 heteroatoms. The third-order valence-corrected chi connectivity index (χ3v) is 4.10. The number of rotatable bonds is 5. The summed E-state index contributed by atoms with van der Waals surface area (Å²) in [6, 6.07) is 8.09. The van der Waals surface area contributed by atoms with Gasteiger partial charge in [-0.25, -0.2) is 0 Å². The fourth-order valence-electron chi connectivity index (χ4n) is 2.65. The average molecular weight is 276 g/mol. The lowest BCUT2D eigenvalue weighted by Gasteiger charge is -2.30. The first kappa shape index (κ1) is 14.9. The minimum absolute atomic E-state index is 0.0340. The van der Waals surface area contributed by atoms with Gasteiger partial charge in [0, 0.05) is 6.04 Å². The summed E-state index contributed by atoms with van der Waals surface area (Å²) < 4.78 is 5.19. The summed E-state index contributed by atoms with van der Waals surface area (Å²) in [7, 11) is 1.66. The fraction of sp³-hybridized carbons (Fsp3) is 0.562. The Balaban J connectivity index is 2.28. The van der Waals surface area contributed by atoms with E-state index in [0.29, 0.717) is 0 Å². The molecule has 1 aromatic carbocycles. The Morgan fingerprint density at radius 2 is 1.95 bits per heavy atom. The van der Waals surface area contributed by atoms with Gasteiger partial charge < -0.3 is 9.64 Å². The van der Waals surface area contributed by atoms with Crippen LogP contribution in [0.3, 0.4) is 0 Å². The minimum Gasteiger partial charge on any atom is -0.497 e. The van der Waals surface area contributed by atoms with E-state index in [0.717, 1.165) is 24.2 Å². The standard InChI is InChI=1S/C16H24N2O2/c1-5-11(3)18-15(17-14(6-2)16(18)19)12-7-9-13(20-4)10-8-12/h7-11,14-15,17H,5-6H2,1-4H3. The van der Waals surface area contributed by atoms with E-state index in [1.807, 2.05) is 36.1 Å². The Kier molecular flexibility index (Phi) is 4.65. The lowest BCUT2D eigenvalue weighted by molar-refractivity contribution is -0.132. The molecule has 4 nitrogen and oxygen atoms in total. The highest BCUT2D eigenvalue weighted by atomic mass is 16.5. The van der Waals surface area contributed by atoms with Gasteiger partial charge in [0.25, 0.3) is 0 Å². The molecule has 0 aromatic heterocycles. The number of hydrogen-bond acceptors (Lipinski definition) is 3. The van der Waals surface area contributed by atoms with Crippen molar-refractivity contribution in [3.8, 4) is 5.75 Å². The zero-order valence-electron chi connectivity index (χ0n) is 12.7. The SMILES string of the molecule is CCC1NC(c2ccc(OC)cc2)N(C(C)CC)C1=O. The topological polar surface area (TPSA) is 41.6 Å². The van der Waals surface area contributed by atoms with Gasteiger partial charge in [-0.1, -0.05) is 26.0 Å². The van der Waals surface area contributed by atoms with Crippen molar-refractivity contribution in [1.29, 1.82) is 0 Å². The smallest absolute Gasteiger partial charge is 0.241 e. The average Bonchev–Trinajstić information content (AvgIpc) is 2.83. The lowest BCUT2D eigenvalue weighted by atomic mass is 10.1. The molecule has 1 aromatic rings. The maximum atomic E-state index is 12.5. The number of benzene rings is 1. The van der Waals surface area contributed by atoms with Crippen LogP contribution in [-0.4, -0.2) is 30.0 Å². The molecule has 0 spiro atoms. The monoisotopic (exact) mass is 276 g/mol. The molecule has 1 heterocycles. The van der Waals surface area contributed by atoms with Crippen molar-refractivity contribution in [2.24, 2.45) is 0 Å². The van der Waals surface area contributed by atoms with Crippen LogP contribution < -0.4 is 10.1 Å². The van der Waals surface area contributed by atoms with Crippen LogP contribution in [0.4, 0.5) is 0 Å². The predicted molar refractivity (Wildman–Crippen MR) is 79.5 cm³/mol. The summed E-state index contributed by atoms with van der Waals surface area (Å²) in [5.41, 5.74) is 1.11. The van der Waals surface area contributed by atoms with Crippen molar-refractivity contribution >= 4 is 5.91 Å². The van der Waals surface area contributed by atoms with E-state index in [9.17, 15) is 4.79 Å². The number of methoxy groups -OCH3 is 1. The van der Waals surface area contributed by atoms with Gasteiger partial charge in [-0.05, 0) is 37.5 Å². The zero-order chi connectivity index (χ0) is 14.7. The quantitative estimate of drug-likeness (QED) is 0.899. The Labute approximate surface area is 121 Å². The number of amides is 1. The van der Waals surface area contributed by atoms with Gasteiger partial charge >= 0.3 is 0 Å². The maximum Gasteiger partial charge on any atom is 0.241 e. The molecule has 0 saturated carbocycles. The van der Waals surface area contributed by atoms with E-state index in [-0.39, 0.29) is 24.2 Å². The van der Waals surface area contributed by atoms with Crippen molar-refractivity contribution in [2.75, 3.05) is 7.11 Å². The summed E-state index contributed by atoms with van der Waals surface area (Å²) >= 11 is 0. The summed E-state index contributed by atoms with van der Waals surface area (Å²) in [5, 5.41) is 3.45. The molecule has 1 aliphatic heterocycles. The summed E-state index contributed by atoms with van der Waals surface area (Å²) in [6.07, 6.45) is 1.74. The molecule has 1 saturated heterocycles. The van der Waals surface area contributed by atoms with Crippen LogP contribution in [0.5, 0.6) is 5.75 Å². The molecule has 20 heavy (non-hydrogen) atoms. The molecular formula is C16H24N2O2. The van der Waals surface area contributed by atoms with E-state index >= 15 is 0 Å². The van der Waals surface area contributed by atoms with Crippen LogP contribution in [0.1, 0.15) is 45.3 Å². The van der Waals surface area contributed by atoms with Gasteiger partial charge in [-0.2, -0.15) is 0 Å². The Morgan fingerprint density at radius 1 is 1.30 bits per heavy atom. The number of nitrogens with one attached hydrogen (secondary N) is 1. The van der Waals surface area contributed by atoms with Crippen LogP contribution in [0.15, 0.2) is 24.3 Å². The van der Waals surface area contributed by atoms with Gasteiger partial charge in [0.05, 0.1) is 13.2 Å². The number of hydrogen-bond donors (Lipinski definition) is 1. The third kappa shape index (κ3) is 2.66. The molecule has 0 radical (unpaired) electrons. The molecule has 1 aliphatic rings. The van der Waals surface area contributed by atoms with Crippen LogP contribution in [-0.2, 0) is 4.79 Å². The maximum absolute atomic E-state index is 12.5. The summed E-state index contributed by atoms with van der Waals surface area (Å²) in [6.45, 7) is 6.26. The van der Waals surface area contributed by atoms with E-state index in [2.05, 4.69) is 19.2 Å². The fourth-order valence-corrected chi connectivity index (χ4v) is 2.65. The van der Waals surface area contributed by atoms with Gasteiger partial charge in [-0.15, -0.1) is 0 Å². The van der Waals surface area contributed by atoms with Gasteiger partial charge in [0.2, 0.25) is 5.91 Å². The molecule has 3 unspecified atom stereocenters. The molecule has 0 aliphatic carbocycles. The second-order valence-corrected chi connectivity index (χ2v) is 5.31. The molecule has 2 rings (SSSR count). The predicted octanol–water partition coefficient (Wildman–Crippen LogP) is 2.70. The highest BCUT2D eigenvalue weighted by molar-refractivity contribution is 5.84. The first-order valence-electron chi connectivity index (χ1n) is 7.34. The summed E-state index contributed by atoms with van der Waals surface area (Å²) in [4.78, 5) is 14.5. The van der Waals surface area contributed by atoms with Crippen LogP contribution in [0.2, 0.25) is 0 Å². The third-order valence-electron chi connectivity index (χ3n) is 4.10. The van der Waals surface area contributed by atoms with Crippen molar-refractivity contribution in [3.63, 3.8) is 0 Å². The number of nitrogens with zero attached hydrogens (tertiary/aromatic N) is 1. The Bertz CT molecular complexity index is 458. The van der Waals surface area contributed by atoms with Gasteiger partial charge in [-0.3, -0.25) is 10.1 Å². The first-order chi connectivity index (χ1) is 9.62. The van der Waals surface area contributed by atoms with Crippen LogP contribution >= 0.6 is 0 Å². The first-order valence-corrected chi connectivity index (χ1v) is 7.34. The zero-order valence-corrected chi connectivity index (χ0v) is 12.7. The molecule has 110 valence electrons. The highest BCUT2D eigenvalue weighted by Gasteiger charge is 2.40. The van der Waals surface area contributed by atoms with Crippen LogP contribution in [0, 0.1) is 0 Å². The van der Waals surface area contributed by atoms with Crippen molar-refractivity contribution in [1.82, 2.24) is 10.2 Å². The van der Waals surface area contributed by atoms with E-state index in [1.54, 1.807) is 7.11 Å². The normalized spacial score (nSPS) is 24.0. The molecular weight excluding hydrogens is 252 g/mol. The van der Waals surface area contributed by atoms with E-state index in [4.69, 9.17) is 4.74 Å². The van der Waals surface area contributed by atoms with Gasteiger partial charge in [0.1, 0.15) is 11.9 Å². The number of carbonyl (C=O) groups excluding carboxylic acids is 1. The number of ether oxygens (including phenoxy) is 1. The van der Waals surface area contributed by atoms with E-state index < -0.39 is 0 Å². The minimum atomic E-state index is -0.0731. The number of carbonyl (C=O) groups is 1. The Hall–Kier alpha value is -1.55. The van der Waals surface area contributed by atoms with Crippen molar-refractivity contribution < 1.29 is 9.53 Å². The largest absolute Gasteiger partial charge is 0.497 e. The second kappa shape index (κ2) is 6.27. The van der Waals surface area contributed by atoms with Crippen LogP contribution in [0.25, 0.3) is 0 Å². The van der Waals surface area contributed by atoms with Crippen molar-refractivity contribution in [3.05, 3.63) is 29.8 Å². The van der Waals surface area contributed by atoms with Crippen molar-refractivity contribution in [2.45, 2.75) is 51.9 Å². The molecule has 1 fully saturated rings.